The highest BCUT2D eigenvalue weighted by molar-refractivity contribution is 6.06. The number of nitrogens with zero attached hydrogens (tertiary/aromatic N) is 1. The van der Waals surface area contributed by atoms with Gasteiger partial charge < -0.3 is 5.32 Å². The fraction of sp³-hybridized carbons (Fsp3) is 0.143. The molecule has 1 amide bonds. The van der Waals surface area contributed by atoms with Gasteiger partial charge in [-0.25, -0.2) is 0 Å². The molecule has 154 valence electrons. The van der Waals surface area contributed by atoms with Gasteiger partial charge >= 0.3 is 0 Å². The molecule has 0 radical (unpaired) electrons. The van der Waals surface area contributed by atoms with E-state index >= 15 is 0 Å². The van der Waals surface area contributed by atoms with E-state index in [1.54, 1.807) is 12.4 Å². The molecule has 31 heavy (non-hydrogen) atoms. The number of rotatable bonds is 3. The van der Waals surface area contributed by atoms with Crippen LogP contribution in [0.3, 0.4) is 0 Å². The average Bonchev–Trinajstić information content (AvgIpc) is 2.81. The highest BCUT2D eigenvalue weighted by Crippen LogP contribution is 2.31. The Labute approximate surface area is 183 Å². The number of nitrogens with one attached hydrogen (secondary N) is 1. The van der Waals surface area contributed by atoms with Crippen LogP contribution in [0.5, 0.6) is 0 Å². The highest BCUT2D eigenvalue weighted by atomic mass is 16.1. The fourth-order valence-corrected chi connectivity index (χ4v) is 3.92. The molecule has 0 atom stereocenters. The van der Waals surface area contributed by atoms with Crippen LogP contribution in [0, 0.1) is 0 Å². The Kier molecular flexibility index (Phi) is 5.94. The molecule has 1 heterocycles. The van der Waals surface area contributed by atoms with E-state index in [-0.39, 0.29) is 5.91 Å². The SMILES string of the molecule is CC(C)(NC(=O)c1ccc2cccc3c2c1C=CC3)c1ccccc1.c1ccncc1. The normalized spacial score (nSPS) is 12.1. The fourth-order valence-electron chi connectivity index (χ4n) is 3.92. The van der Waals surface area contributed by atoms with Gasteiger partial charge in [-0.1, -0.05) is 72.8 Å². The van der Waals surface area contributed by atoms with Gasteiger partial charge in [-0.2, -0.15) is 0 Å². The lowest BCUT2D eigenvalue weighted by Crippen LogP contribution is -2.41. The van der Waals surface area contributed by atoms with E-state index in [1.165, 1.54) is 16.3 Å². The highest BCUT2D eigenvalue weighted by Gasteiger charge is 2.25. The molecule has 0 fully saturated rings. The average molecular weight is 407 g/mol. The second-order valence-corrected chi connectivity index (χ2v) is 8.12. The van der Waals surface area contributed by atoms with E-state index in [0.717, 1.165) is 23.1 Å². The lowest BCUT2D eigenvalue weighted by molar-refractivity contribution is 0.0912. The first kappa shape index (κ1) is 20.5. The third kappa shape index (κ3) is 4.56. The number of hydrogen-bond acceptors (Lipinski definition) is 2. The number of pyridine rings is 1. The van der Waals surface area contributed by atoms with Crippen molar-refractivity contribution >= 4 is 22.8 Å². The first-order valence-electron chi connectivity index (χ1n) is 10.5. The molecule has 4 aromatic rings. The Morgan fingerprint density at radius 2 is 1.61 bits per heavy atom. The van der Waals surface area contributed by atoms with Gasteiger partial charge in [0, 0.05) is 18.0 Å². The number of aromatic nitrogens is 1. The van der Waals surface area contributed by atoms with E-state index < -0.39 is 5.54 Å². The van der Waals surface area contributed by atoms with E-state index in [1.807, 2.05) is 74.5 Å². The minimum absolute atomic E-state index is 0.0351. The van der Waals surface area contributed by atoms with E-state index in [0.29, 0.717) is 0 Å². The van der Waals surface area contributed by atoms with Crippen molar-refractivity contribution in [1.29, 1.82) is 0 Å². The molecular formula is C28H26N2O. The molecule has 0 saturated carbocycles. The largest absolute Gasteiger partial charge is 0.343 e. The summed E-state index contributed by atoms with van der Waals surface area (Å²) in [5.41, 5.74) is 3.71. The van der Waals surface area contributed by atoms with Gasteiger partial charge in [-0.3, -0.25) is 9.78 Å². The molecule has 0 aliphatic heterocycles. The Hall–Kier alpha value is -3.72. The molecule has 0 unspecified atom stereocenters. The molecule has 1 aromatic heterocycles. The molecule has 0 bridgehead atoms. The summed E-state index contributed by atoms with van der Waals surface area (Å²) in [6, 6.07) is 26.1. The zero-order valence-electron chi connectivity index (χ0n) is 17.9. The van der Waals surface area contributed by atoms with Crippen molar-refractivity contribution < 1.29 is 4.79 Å². The third-order valence-electron chi connectivity index (χ3n) is 5.53. The van der Waals surface area contributed by atoms with Gasteiger partial charge in [-0.15, -0.1) is 0 Å². The number of allylic oxidation sites excluding steroid dienone is 1. The van der Waals surface area contributed by atoms with Crippen LogP contribution in [0.25, 0.3) is 16.8 Å². The van der Waals surface area contributed by atoms with Gasteiger partial charge in [-0.05, 0) is 65.9 Å². The lowest BCUT2D eigenvalue weighted by Gasteiger charge is -2.28. The molecule has 1 N–H and O–H groups in total. The zero-order valence-corrected chi connectivity index (χ0v) is 17.9. The van der Waals surface area contributed by atoms with Crippen LogP contribution in [0.15, 0.2) is 97.3 Å². The number of hydrogen-bond donors (Lipinski definition) is 1. The maximum atomic E-state index is 13.0. The Bertz CT molecular complexity index is 1190. The molecule has 1 aliphatic rings. The van der Waals surface area contributed by atoms with Crippen LogP contribution in [-0.2, 0) is 12.0 Å². The number of benzene rings is 3. The van der Waals surface area contributed by atoms with Crippen molar-refractivity contribution in [3.05, 3.63) is 120 Å². The van der Waals surface area contributed by atoms with Crippen molar-refractivity contribution in [3.63, 3.8) is 0 Å². The predicted octanol–water partition coefficient (Wildman–Crippen LogP) is 6.16. The van der Waals surface area contributed by atoms with Gasteiger partial charge in [0.05, 0.1) is 5.54 Å². The van der Waals surface area contributed by atoms with Crippen molar-refractivity contribution in [2.45, 2.75) is 25.8 Å². The van der Waals surface area contributed by atoms with Crippen LogP contribution >= 0.6 is 0 Å². The Balaban J connectivity index is 0.000000334. The zero-order chi connectivity index (χ0) is 21.7. The molecule has 0 saturated heterocycles. The summed E-state index contributed by atoms with van der Waals surface area (Å²) in [5, 5.41) is 5.59. The topological polar surface area (TPSA) is 42.0 Å². The minimum atomic E-state index is -0.433. The Morgan fingerprint density at radius 3 is 2.29 bits per heavy atom. The van der Waals surface area contributed by atoms with Crippen LogP contribution in [0.2, 0.25) is 0 Å². The van der Waals surface area contributed by atoms with Crippen LogP contribution in [0.4, 0.5) is 0 Å². The quantitative estimate of drug-likeness (QED) is 0.443. The van der Waals surface area contributed by atoms with Gasteiger partial charge in [0.2, 0.25) is 0 Å². The van der Waals surface area contributed by atoms with Gasteiger partial charge in [0.25, 0.3) is 5.91 Å². The smallest absolute Gasteiger partial charge is 0.252 e. The molecule has 3 heteroatoms. The third-order valence-corrected chi connectivity index (χ3v) is 5.53. The molecule has 0 spiro atoms. The minimum Gasteiger partial charge on any atom is -0.343 e. The van der Waals surface area contributed by atoms with Crippen LogP contribution in [-0.4, -0.2) is 10.9 Å². The summed E-state index contributed by atoms with van der Waals surface area (Å²) in [4.78, 5) is 16.8. The Morgan fingerprint density at radius 1 is 0.871 bits per heavy atom. The first-order chi connectivity index (χ1) is 15.1. The van der Waals surface area contributed by atoms with Crippen LogP contribution < -0.4 is 5.32 Å². The number of amides is 1. The van der Waals surface area contributed by atoms with Crippen molar-refractivity contribution in [2.75, 3.05) is 0 Å². The van der Waals surface area contributed by atoms with Gasteiger partial charge in [0.15, 0.2) is 0 Å². The summed E-state index contributed by atoms with van der Waals surface area (Å²) in [6.07, 6.45) is 8.64. The standard InChI is InChI=1S/C23H21NO.C5H5N/c1-23(2,18-11-4-3-5-12-18)24-22(25)20-15-14-17-9-6-8-16-10-7-13-19(20)21(16)17;1-2-4-6-5-3-1/h3-9,11-15H,10H2,1-2H3,(H,24,25);1-5H. The van der Waals surface area contributed by atoms with Crippen molar-refractivity contribution in [3.8, 4) is 0 Å². The monoisotopic (exact) mass is 406 g/mol. The summed E-state index contributed by atoms with van der Waals surface area (Å²) in [5.74, 6) is -0.0351. The summed E-state index contributed by atoms with van der Waals surface area (Å²) >= 11 is 0. The number of carbonyl (C=O) groups excluding carboxylic acids is 1. The van der Waals surface area contributed by atoms with Crippen LogP contribution in [0.1, 0.15) is 40.9 Å². The van der Waals surface area contributed by atoms with Crippen molar-refractivity contribution in [1.82, 2.24) is 10.3 Å². The maximum absolute atomic E-state index is 13.0. The molecule has 1 aliphatic carbocycles. The lowest BCUT2D eigenvalue weighted by atomic mass is 9.89. The first-order valence-corrected chi connectivity index (χ1v) is 10.5. The maximum Gasteiger partial charge on any atom is 0.252 e. The summed E-state index contributed by atoms with van der Waals surface area (Å²) in [7, 11) is 0. The molecule has 3 aromatic carbocycles. The number of carbonyl (C=O) groups is 1. The molecule has 5 rings (SSSR count). The second-order valence-electron chi connectivity index (χ2n) is 8.12. The van der Waals surface area contributed by atoms with E-state index in [2.05, 4.69) is 40.7 Å². The molecule has 3 nitrogen and oxygen atoms in total. The van der Waals surface area contributed by atoms with E-state index in [9.17, 15) is 4.79 Å². The van der Waals surface area contributed by atoms with E-state index in [4.69, 9.17) is 0 Å². The molecular weight excluding hydrogens is 380 g/mol. The second kappa shape index (κ2) is 8.97. The van der Waals surface area contributed by atoms with Gasteiger partial charge in [0.1, 0.15) is 0 Å². The summed E-state index contributed by atoms with van der Waals surface area (Å²) < 4.78 is 0. The predicted molar refractivity (Wildman–Crippen MR) is 128 cm³/mol. The van der Waals surface area contributed by atoms with Crippen molar-refractivity contribution in [2.24, 2.45) is 0 Å². The summed E-state index contributed by atoms with van der Waals surface area (Å²) in [6.45, 7) is 4.07.